The van der Waals surface area contributed by atoms with Gasteiger partial charge in [0.1, 0.15) is 6.61 Å². The quantitative estimate of drug-likeness (QED) is 0.163. The summed E-state index contributed by atoms with van der Waals surface area (Å²) < 4.78 is 14.3. The summed E-state index contributed by atoms with van der Waals surface area (Å²) in [7, 11) is 0. The molecule has 0 radical (unpaired) electrons. The van der Waals surface area contributed by atoms with Gasteiger partial charge in [0.2, 0.25) is 0 Å². The standard InChI is InChI=1S/C36H38AsN7O4/c1-36(2,42-17-18-43-27(22-42)23-47-35(43)46)19-26(20-38)34(45)41-15-6-7-25(21-41)33-40-30(31-32(37)39-14-16-44(31)33)24-10-12-29(13-11-24)48-28-8-4-3-5-9-28/h3-5,8-14,16,19,25,27H,6-7,15,17-18,21-23,37H2,1-2H3/b26-19-/t25-,27+/m1/s1. The number of piperidine rings is 1. The number of imidazole rings is 1. The van der Waals surface area contributed by atoms with Crippen LogP contribution in [0, 0.1) is 11.3 Å². The van der Waals surface area contributed by atoms with Gasteiger partial charge in [0.15, 0.2) is 0 Å². The molecule has 2 amide bonds. The Bertz CT molecular complexity index is 1920. The van der Waals surface area contributed by atoms with Gasteiger partial charge in [0.05, 0.1) is 6.04 Å². The average Bonchev–Trinajstić information content (AvgIpc) is 3.69. The van der Waals surface area contributed by atoms with Gasteiger partial charge in [-0.25, -0.2) is 4.79 Å². The van der Waals surface area contributed by atoms with Gasteiger partial charge >= 0.3 is 242 Å². The second-order valence-corrected chi connectivity index (χ2v) is 14.2. The minimum Gasteiger partial charge on any atom is -0.447 e. The van der Waals surface area contributed by atoms with Crippen LogP contribution in [-0.4, -0.2) is 109 Å². The van der Waals surface area contributed by atoms with Gasteiger partial charge in [-0.1, -0.05) is 0 Å². The number of likely N-dealkylation sites (tertiary alicyclic amines) is 1. The SMILES string of the molecule is CC(C)(/C=C(/C#N)C(=O)N1CCC[C@@H](c2nc(-c3ccc(Oc4ccccc4)cc3)c3c([AsH2])nccn23)C1)N1CCN2C(=O)OC[C@@H]2C1. The van der Waals surface area contributed by atoms with E-state index in [1.54, 1.807) is 22.1 Å². The molecule has 4 aromatic rings. The van der Waals surface area contributed by atoms with Crippen LogP contribution in [0.2, 0.25) is 0 Å². The number of para-hydroxylation sites is 1. The molecule has 3 aliphatic heterocycles. The second kappa shape index (κ2) is 13.1. The van der Waals surface area contributed by atoms with Crippen LogP contribution < -0.4 is 9.22 Å². The molecule has 3 atom stereocenters. The van der Waals surface area contributed by atoms with Gasteiger partial charge in [-0.05, 0) is 0 Å². The molecule has 7 rings (SSSR count). The Morgan fingerprint density at radius 3 is 2.62 bits per heavy atom. The normalized spacial score (nSPS) is 20.4. The molecular formula is C36H38AsN7O4. The molecule has 5 heterocycles. The molecule has 1 unspecified atom stereocenters. The van der Waals surface area contributed by atoms with Crippen LogP contribution in [-0.2, 0) is 9.53 Å². The van der Waals surface area contributed by atoms with E-state index in [0.29, 0.717) is 39.3 Å². The van der Waals surface area contributed by atoms with Crippen molar-refractivity contribution in [2.45, 2.75) is 44.2 Å². The number of cyclic esters (lactones) is 1. The third-order valence-electron chi connectivity index (χ3n) is 9.57. The number of rotatable bonds is 7. The number of carbonyl (C=O) groups excluding carboxylic acids is 2. The van der Waals surface area contributed by atoms with Crippen molar-refractivity contribution in [1.82, 2.24) is 29.1 Å². The molecule has 48 heavy (non-hydrogen) atoms. The first-order chi connectivity index (χ1) is 23.2. The van der Waals surface area contributed by atoms with Gasteiger partial charge in [0.25, 0.3) is 0 Å². The van der Waals surface area contributed by atoms with E-state index in [1.165, 1.54) is 16.9 Å². The Labute approximate surface area is 288 Å². The van der Waals surface area contributed by atoms with Gasteiger partial charge < -0.3 is 4.74 Å². The Kier molecular flexibility index (Phi) is 8.71. The first-order valence-electron chi connectivity index (χ1n) is 16.3. The fourth-order valence-electron chi connectivity index (χ4n) is 7.02. The Morgan fingerprint density at radius 1 is 1.08 bits per heavy atom. The number of fused-ring (bicyclic) bond motifs is 2. The van der Waals surface area contributed by atoms with E-state index >= 15 is 0 Å². The van der Waals surface area contributed by atoms with Crippen molar-refractivity contribution in [2.75, 3.05) is 39.3 Å². The molecule has 2 aromatic heterocycles. The van der Waals surface area contributed by atoms with Gasteiger partial charge in [-0.3, -0.25) is 4.90 Å². The number of nitrogens with zero attached hydrogens (tertiary/aromatic N) is 7. The van der Waals surface area contributed by atoms with E-state index in [-0.39, 0.29) is 29.5 Å². The zero-order valence-corrected chi connectivity index (χ0v) is 29.5. The molecular weight excluding hydrogens is 669 g/mol. The number of carbonyl (C=O) groups is 2. The maximum atomic E-state index is 13.9. The van der Waals surface area contributed by atoms with Crippen molar-refractivity contribution < 1.29 is 19.1 Å². The number of nitriles is 1. The molecule has 2 aromatic carbocycles. The first-order valence-corrected chi connectivity index (χ1v) is 17.5. The van der Waals surface area contributed by atoms with Crippen LogP contribution in [0.15, 0.2) is 78.6 Å². The zero-order valence-electron chi connectivity index (χ0n) is 27.1. The van der Waals surface area contributed by atoms with Crippen LogP contribution in [0.25, 0.3) is 16.8 Å². The Hall–Kier alpha value is -4.65. The average molecular weight is 708 g/mol. The Morgan fingerprint density at radius 2 is 1.85 bits per heavy atom. The van der Waals surface area contributed by atoms with E-state index in [2.05, 4.69) is 20.4 Å². The summed E-state index contributed by atoms with van der Waals surface area (Å²) in [6, 6.07) is 19.8. The molecule has 0 saturated carbocycles. The monoisotopic (exact) mass is 707 g/mol. The predicted molar refractivity (Wildman–Crippen MR) is 183 cm³/mol. The minimum atomic E-state index is -0.560. The molecule has 3 fully saturated rings. The van der Waals surface area contributed by atoms with Crippen LogP contribution in [0.4, 0.5) is 4.79 Å². The summed E-state index contributed by atoms with van der Waals surface area (Å²) in [5.41, 5.74) is 2.34. The number of aromatic nitrogens is 3. The molecule has 0 N–H and O–H groups in total. The number of amides is 2. The van der Waals surface area contributed by atoms with Crippen LogP contribution in [0.5, 0.6) is 11.5 Å². The Balaban J connectivity index is 1.11. The summed E-state index contributed by atoms with van der Waals surface area (Å²) in [6.07, 6.45) is 6.95. The third-order valence-corrected chi connectivity index (χ3v) is 10.5. The molecule has 12 heteroatoms. The van der Waals surface area contributed by atoms with Gasteiger partial charge in [-0.2, -0.15) is 0 Å². The number of piperazine rings is 1. The third kappa shape index (κ3) is 6.18. The van der Waals surface area contributed by atoms with Crippen LogP contribution in [0.1, 0.15) is 38.4 Å². The smallest absolute Gasteiger partial charge is 0.447 e. The molecule has 0 spiro atoms. The number of ether oxygens (including phenoxy) is 2. The van der Waals surface area contributed by atoms with E-state index in [0.717, 1.165) is 51.4 Å². The van der Waals surface area contributed by atoms with Crippen molar-refractivity contribution in [3.63, 3.8) is 0 Å². The summed E-state index contributed by atoms with van der Waals surface area (Å²) in [6.45, 7) is 7.27. The van der Waals surface area contributed by atoms with Crippen molar-refractivity contribution in [2.24, 2.45) is 0 Å². The second-order valence-electron chi connectivity index (χ2n) is 13.1. The van der Waals surface area contributed by atoms with Crippen molar-refractivity contribution in [3.05, 3.63) is 84.5 Å². The predicted octanol–water partition coefficient (Wildman–Crippen LogP) is 3.52. The fourth-order valence-corrected chi connectivity index (χ4v) is 7.78. The molecule has 11 nitrogen and oxygen atoms in total. The van der Waals surface area contributed by atoms with E-state index in [4.69, 9.17) is 14.5 Å². The summed E-state index contributed by atoms with van der Waals surface area (Å²) in [5.74, 6) is 2.13. The number of hydrogen-bond donors (Lipinski definition) is 0. The molecule has 0 aliphatic carbocycles. The van der Waals surface area contributed by atoms with Gasteiger partial charge in [-0.15, -0.1) is 0 Å². The minimum absolute atomic E-state index is 0.0140. The topological polar surface area (TPSA) is 116 Å². The summed E-state index contributed by atoms with van der Waals surface area (Å²) in [4.78, 5) is 41.5. The van der Waals surface area contributed by atoms with E-state index in [1.807, 2.05) is 74.6 Å². The fraction of sp³-hybridized carbons (Fsp3) is 0.361. The van der Waals surface area contributed by atoms with Crippen LogP contribution >= 0.6 is 0 Å². The molecule has 0 bridgehead atoms. The number of hydrogen-bond acceptors (Lipinski definition) is 8. The van der Waals surface area contributed by atoms with Gasteiger partial charge in [0, 0.05) is 19.6 Å². The maximum absolute atomic E-state index is 13.9. The molecule has 246 valence electrons. The van der Waals surface area contributed by atoms with Crippen molar-refractivity contribution in [1.29, 1.82) is 5.26 Å². The first kappa shape index (κ1) is 31.9. The zero-order chi connectivity index (χ0) is 33.4. The van der Waals surface area contributed by atoms with Crippen molar-refractivity contribution >= 4 is 38.9 Å². The van der Waals surface area contributed by atoms with E-state index < -0.39 is 5.54 Å². The number of benzene rings is 2. The molecule has 3 aliphatic rings. The van der Waals surface area contributed by atoms with E-state index in [9.17, 15) is 14.9 Å². The van der Waals surface area contributed by atoms with Crippen molar-refractivity contribution in [3.8, 4) is 28.8 Å². The summed E-state index contributed by atoms with van der Waals surface area (Å²) in [5, 5.41) is 10.2. The summed E-state index contributed by atoms with van der Waals surface area (Å²) >= 11 is 1.43. The molecule has 3 saturated heterocycles. The van der Waals surface area contributed by atoms with Crippen LogP contribution in [0.3, 0.4) is 0 Å².